The maximum atomic E-state index is 13.4. The Morgan fingerprint density at radius 3 is 2.65 bits per heavy atom. The summed E-state index contributed by atoms with van der Waals surface area (Å²) in [6.07, 6.45) is 1.52. The largest absolute Gasteiger partial charge is 0.313 e. The van der Waals surface area contributed by atoms with Crippen LogP contribution in [0.25, 0.3) is 0 Å². The third kappa shape index (κ3) is 3.88. The Bertz CT molecular complexity index is 558. The molecule has 0 spiro atoms. The van der Waals surface area contributed by atoms with E-state index in [4.69, 9.17) is 0 Å². The van der Waals surface area contributed by atoms with Crippen LogP contribution in [0.5, 0.6) is 0 Å². The molecule has 6 heteroatoms. The van der Waals surface area contributed by atoms with Gasteiger partial charge in [0.1, 0.15) is 5.82 Å². The number of hydrogen-bond donors (Lipinski definition) is 1. The lowest BCUT2D eigenvalue weighted by molar-refractivity contribution is 0.458. The maximum Gasteiger partial charge on any atom is 0.243 e. The molecule has 1 N–H and O–H groups in total. The molecule has 20 heavy (non-hydrogen) atoms. The number of nitrogens with zero attached hydrogens (tertiary/aromatic N) is 1. The van der Waals surface area contributed by atoms with Crippen LogP contribution >= 0.6 is 0 Å². The minimum absolute atomic E-state index is 0.0159. The van der Waals surface area contributed by atoms with E-state index in [1.54, 1.807) is 6.92 Å². The molecule has 4 nitrogen and oxygen atoms in total. The van der Waals surface area contributed by atoms with Crippen LogP contribution in [0.2, 0.25) is 0 Å². The monoisotopic (exact) mass is 300 g/mol. The van der Waals surface area contributed by atoms with Crippen LogP contribution in [0.3, 0.4) is 0 Å². The predicted octanol–water partition coefficient (Wildman–Crippen LogP) is 2.13. The van der Waals surface area contributed by atoms with Gasteiger partial charge in [0, 0.05) is 19.6 Å². The molecule has 0 radical (unpaired) electrons. The number of likely N-dealkylation sites (N-methyl/N-ethyl adjacent to an activating group) is 1. The Morgan fingerprint density at radius 1 is 1.40 bits per heavy atom. The van der Waals surface area contributed by atoms with Gasteiger partial charge in [0.05, 0.1) is 4.90 Å². The van der Waals surface area contributed by atoms with Crippen LogP contribution in [0, 0.1) is 5.82 Å². The normalized spacial score (nSPS) is 11.8. The quantitative estimate of drug-likeness (QED) is 0.748. The van der Waals surface area contributed by atoms with Gasteiger partial charge in [-0.3, -0.25) is 0 Å². The summed E-state index contributed by atoms with van der Waals surface area (Å²) in [5.41, 5.74) is 0.566. The number of rotatable bonds is 8. The first-order valence-corrected chi connectivity index (χ1v) is 8.01. The van der Waals surface area contributed by atoms with Crippen LogP contribution in [0.15, 0.2) is 35.7 Å². The Balaban J connectivity index is 3.27. The third-order valence-corrected chi connectivity index (χ3v) is 4.92. The zero-order chi connectivity index (χ0) is 15.2. The van der Waals surface area contributed by atoms with E-state index in [1.165, 1.54) is 22.5 Å². The molecule has 0 aromatic heterocycles. The second-order valence-electron chi connectivity index (χ2n) is 4.28. The molecular weight excluding hydrogens is 279 g/mol. The first-order valence-electron chi connectivity index (χ1n) is 6.57. The minimum atomic E-state index is -3.71. The first-order chi connectivity index (χ1) is 9.47. The molecule has 1 rings (SSSR count). The molecule has 0 aliphatic rings. The Labute approximate surface area is 120 Å². The highest BCUT2D eigenvalue weighted by Crippen LogP contribution is 2.21. The molecule has 0 saturated carbocycles. The van der Waals surface area contributed by atoms with Crippen LogP contribution in [0.4, 0.5) is 4.39 Å². The standard InChI is InChI=1S/C14H21FN2O2S/c1-4-9-17(6-3)20(18,19)14-10-13(15)8-7-12(14)11-16-5-2/h4,7-8,10,16H,1,5-6,9,11H2,2-3H3. The number of nitrogens with one attached hydrogen (secondary N) is 1. The topological polar surface area (TPSA) is 49.4 Å². The zero-order valence-electron chi connectivity index (χ0n) is 11.9. The van der Waals surface area contributed by atoms with E-state index in [9.17, 15) is 12.8 Å². The molecule has 0 amide bonds. The number of benzene rings is 1. The lowest BCUT2D eigenvalue weighted by Gasteiger charge is -2.21. The average molecular weight is 300 g/mol. The fraction of sp³-hybridized carbons (Fsp3) is 0.429. The summed E-state index contributed by atoms with van der Waals surface area (Å²) < 4.78 is 39.8. The van der Waals surface area contributed by atoms with E-state index in [0.717, 1.165) is 6.07 Å². The first kappa shape index (κ1) is 16.8. The SMILES string of the molecule is C=CCN(CC)S(=O)(=O)c1cc(F)ccc1CNCC. The van der Waals surface area contributed by atoms with Crippen molar-refractivity contribution in [3.63, 3.8) is 0 Å². The van der Waals surface area contributed by atoms with Gasteiger partial charge in [-0.15, -0.1) is 6.58 Å². The average Bonchev–Trinajstić information content (AvgIpc) is 2.43. The van der Waals surface area contributed by atoms with Crippen LogP contribution < -0.4 is 5.32 Å². The van der Waals surface area contributed by atoms with E-state index in [1.807, 2.05) is 6.92 Å². The highest BCUT2D eigenvalue weighted by atomic mass is 32.2. The molecule has 0 heterocycles. The molecule has 0 saturated heterocycles. The van der Waals surface area contributed by atoms with E-state index in [-0.39, 0.29) is 11.4 Å². The fourth-order valence-electron chi connectivity index (χ4n) is 1.85. The summed E-state index contributed by atoms with van der Waals surface area (Å²) in [6.45, 7) is 8.83. The van der Waals surface area contributed by atoms with E-state index in [2.05, 4.69) is 11.9 Å². The minimum Gasteiger partial charge on any atom is -0.313 e. The second kappa shape index (κ2) is 7.52. The molecule has 0 aliphatic heterocycles. The van der Waals surface area contributed by atoms with E-state index in [0.29, 0.717) is 25.2 Å². The molecule has 1 aromatic rings. The molecule has 0 fully saturated rings. The van der Waals surface area contributed by atoms with Crippen molar-refractivity contribution in [1.82, 2.24) is 9.62 Å². The van der Waals surface area contributed by atoms with E-state index >= 15 is 0 Å². The van der Waals surface area contributed by atoms with Gasteiger partial charge >= 0.3 is 0 Å². The summed E-state index contributed by atoms with van der Waals surface area (Å²) in [5, 5.41) is 3.06. The van der Waals surface area contributed by atoms with Crippen molar-refractivity contribution in [3.05, 3.63) is 42.2 Å². The number of hydrogen-bond acceptors (Lipinski definition) is 3. The molecular formula is C14H21FN2O2S. The number of sulfonamides is 1. The summed E-state index contributed by atoms with van der Waals surface area (Å²) >= 11 is 0. The molecule has 0 atom stereocenters. The Hall–Kier alpha value is -1.24. The van der Waals surface area contributed by atoms with Gasteiger partial charge in [0.25, 0.3) is 0 Å². The van der Waals surface area contributed by atoms with Crippen LogP contribution in [-0.4, -0.2) is 32.4 Å². The fourth-order valence-corrected chi connectivity index (χ4v) is 3.51. The van der Waals surface area contributed by atoms with Crippen molar-refractivity contribution in [3.8, 4) is 0 Å². The van der Waals surface area contributed by atoms with Crippen LogP contribution in [0.1, 0.15) is 19.4 Å². The molecule has 0 aliphatic carbocycles. The van der Waals surface area contributed by atoms with Gasteiger partial charge in [-0.1, -0.05) is 26.0 Å². The summed E-state index contributed by atoms with van der Waals surface area (Å²) in [6, 6.07) is 3.86. The number of halogens is 1. The van der Waals surface area contributed by atoms with Gasteiger partial charge < -0.3 is 5.32 Å². The van der Waals surface area contributed by atoms with Gasteiger partial charge in [-0.25, -0.2) is 12.8 Å². The van der Waals surface area contributed by atoms with Crippen molar-refractivity contribution >= 4 is 10.0 Å². The van der Waals surface area contributed by atoms with Crippen LogP contribution in [-0.2, 0) is 16.6 Å². The van der Waals surface area contributed by atoms with Gasteiger partial charge in [-0.2, -0.15) is 4.31 Å². The third-order valence-electron chi connectivity index (χ3n) is 2.90. The lowest BCUT2D eigenvalue weighted by atomic mass is 10.2. The van der Waals surface area contributed by atoms with Crippen molar-refractivity contribution < 1.29 is 12.8 Å². The zero-order valence-corrected chi connectivity index (χ0v) is 12.7. The highest BCUT2D eigenvalue weighted by Gasteiger charge is 2.25. The van der Waals surface area contributed by atoms with Crippen molar-refractivity contribution in [2.24, 2.45) is 0 Å². The summed E-state index contributed by atoms with van der Waals surface area (Å²) in [7, 11) is -3.71. The summed E-state index contributed by atoms with van der Waals surface area (Å²) in [5.74, 6) is -0.557. The lowest BCUT2D eigenvalue weighted by Crippen LogP contribution is -2.32. The van der Waals surface area contributed by atoms with Gasteiger partial charge in [-0.05, 0) is 24.2 Å². The Kier molecular flexibility index (Phi) is 6.32. The highest BCUT2D eigenvalue weighted by molar-refractivity contribution is 7.89. The molecule has 1 aromatic carbocycles. The summed E-state index contributed by atoms with van der Waals surface area (Å²) in [4.78, 5) is 0.0159. The van der Waals surface area contributed by atoms with Crippen molar-refractivity contribution in [1.29, 1.82) is 0 Å². The molecule has 0 unspecified atom stereocenters. The Morgan fingerprint density at radius 2 is 2.10 bits per heavy atom. The predicted molar refractivity (Wildman–Crippen MR) is 78.4 cm³/mol. The maximum absolute atomic E-state index is 13.4. The van der Waals surface area contributed by atoms with Gasteiger partial charge in [0.15, 0.2) is 0 Å². The molecule has 0 bridgehead atoms. The van der Waals surface area contributed by atoms with Crippen molar-refractivity contribution in [2.45, 2.75) is 25.3 Å². The van der Waals surface area contributed by atoms with E-state index < -0.39 is 15.8 Å². The van der Waals surface area contributed by atoms with Crippen molar-refractivity contribution in [2.75, 3.05) is 19.6 Å². The smallest absolute Gasteiger partial charge is 0.243 e. The second-order valence-corrected chi connectivity index (χ2v) is 6.18. The molecule has 112 valence electrons. The van der Waals surface area contributed by atoms with Gasteiger partial charge in [0.2, 0.25) is 10.0 Å².